The Hall–Kier alpha value is -3.53. The van der Waals surface area contributed by atoms with Crippen LogP contribution in [0.5, 0.6) is 0 Å². The number of fused-ring (bicyclic) bond motifs is 1. The summed E-state index contributed by atoms with van der Waals surface area (Å²) in [6.07, 6.45) is 3.31. The van der Waals surface area contributed by atoms with Crippen LogP contribution in [0.2, 0.25) is 5.02 Å². The molecule has 5 rings (SSSR count). The third-order valence-corrected chi connectivity index (χ3v) is 7.34. The van der Waals surface area contributed by atoms with Crippen LogP contribution in [-0.4, -0.2) is 63.7 Å². The number of halogens is 1. The van der Waals surface area contributed by atoms with E-state index in [9.17, 15) is 14.7 Å². The summed E-state index contributed by atoms with van der Waals surface area (Å²) < 4.78 is 5.41. The first kappa shape index (κ1) is 26.1. The molecule has 0 aliphatic carbocycles. The first-order valence-corrected chi connectivity index (χ1v) is 13.1. The Labute approximate surface area is 226 Å². The number of aromatic nitrogens is 2. The van der Waals surface area contributed by atoms with Crippen LogP contribution in [0.25, 0.3) is 11.3 Å². The van der Waals surface area contributed by atoms with E-state index in [-0.39, 0.29) is 24.5 Å². The molecule has 2 aliphatic heterocycles. The first-order valence-electron chi connectivity index (χ1n) is 12.7. The second-order valence-electron chi connectivity index (χ2n) is 9.56. The Morgan fingerprint density at radius 1 is 1.21 bits per heavy atom. The first-order chi connectivity index (χ1) is 18.4. The number of nitrogens with zero attached hydrogens (tertiary/aromatic N) is 3. The highest BCUT2D eigenvalue weighted by Gasteiger charge is 2.35. The summed E-state index contributed by atoms with van der Waals surface area (Å²) in [7, 11) is 0. The number of carbonyl (C=O) groups excluding carboxylic acids is 2. The molecule has 0 spiro atoms. The van der Waals surface area contributed by atoms with E-state index >= 15 is 0 Å². The largest absolute Gasteiger partial charge is 0.394 e. The molecule has 3 N–H and O–H groups in total. The standard InChI is InChI=1S/C28H30ClN5O4/c1-17(26(36)32-24(16-35)18-5-3-2-4-6-18)34-15-20-8-7-19(13-22(20)27(34)37)25-23(29)14-30-28(33-25)31-21-9-11-38-12-10-21/h2-8,13-14,17,21,24,35H,9-12,15-16H2,1H3,(H,32,36)(H,30,31,33). The number of carbonyl (C=O) groups is 2. The van der Waals surface area contributed by atoms with Gasteiger partial charge < -0.3 is 25.4 Å². The SMILES string of the molecule is CC(C(=O)NC(CO)c1ccccc1)N1Cc2ccc(-c3nc(NC4CCOCC4)ncc3Cl)cc2C1=O. The Balaban J connectivity index is 1.31. The highest BCUT2D eigenvalue weighted by molar-refractivity contribution is 6.33. The molecule has 198 valence electrons. The van der Waals surface area contributed by atoms with E-state index in [0.29, 0.717) is 47.6 Å². The van der Waals surface area contributed by atoms with Crippen LogP contribution in [0.1, 0.15) is 47.3 Å². The summed E-state index contributed by atoms with van der Waals surface area (Å²) in [5.41, 5.74) is 3.36. The lowest BCUT2D eigenvalue weighted by atomic mass is 10.0. The molecule has 0 saturated carbocycles. The minimum Gasteiger partial charge on any atom is -0.394 e. The Bertz CT molecular complexity index is 1320. The minimum absolute atomic E-state index is 0.230. The summed E-state index contributed by atoms with van der Waals surface area (Å²) in [5.74, 6) is -0.0978. The van der Waals surface area contributed by atoms with Crippen molar-refractivity contribution in [2.24, 2.45) is 0 Å². The zero-order valence-corrected chi connectivity index (χ0v) is 21.8. The fourth-order valence-corrected chi connectivity index (χ4v) is 5.00. The van der Waals surface area contributed by atoms with Gasteiger partial charge in [0.05, 0.1) is 29.6 Å². The van der Waals surface area contributed by atoms with Crippen LogP contribution >= 0.6 is 11.6 Å². The number of anilines is 1. The van der Waals surface area contributed by atoms with Crippen LogP contribution in [0, 0.1) is 0 Å². The van der Waals surface area contributed by atoms with Crippen molar-refractivity contribution in [3.05, 3.63) is 76.4 Å². The van der Waals surface area contributed by atoms with Gasteiger partial charge in [0.1, 0.15) is 6.04 Å². The van der Waals surface area contributed by atoms with Crippen LogP contribution in [-0.2, 0) is 16.1 Å². The molecule has 2 unspecified atom stereocenters. The quantitative estimate of drug-likeness (QED) is 0.403. The highest BCUT2D eigenvalue weighted by Crippen LogP contribution is 2.32. The van der Waals surface area contributed by atoms with Crippen molar-refractivity contribution < 1.29 is 19.4 Å². The predicted molar refractivity (Wildman–Crippen MR) is 144 cm³/mol. The molecule has 1 fully saturated rings. The van der Waals surface area contributed by atoms with Gasteiger partial charge in [-0.05, 0) is 37.0 Å². The van der Waals surface area contributed by atoms with Crippen LogP contribution in [0.15, 0.2) is 54.7 Å². The molecule has 1 aromatic heterocycles. The molecule has 0 radical (unpaired) electrons. The van der Waals surface area contributed by atoms with E-state index in [2.05, 4.69) is 20.6 Å². The molecule has 2 aromatic carbocycles. The summed E-state index contributed by atoms with van der Waals surface area (Å²) in [6, 6.07) is 13.7. The Morgan fingerprint density at radius 2 is 1.97 bits per heavy atom. The molecule has 3 aromatic rings. The van der Waals surface area contributed by atoms with Gasteiger partial charge >= 0.3 is 0 Å². The third kappa shape index (κ3) is 5.50. The van der Waals surface area contributed by atoms with Crippen molar-refractivity contribution in [1.82, 2.24) is 20.2 Å². The average molecular weight is 536 g/mol. The van der Waals surface area contributed by atoms with Crippen molar-refractivity contribution in [3.8, 4) is 11.3 Å². The van der Waals surface area contributed by atoms with Gasteiger partial charge in [0.25, 0.3) is 5.91 Å². The Kier molecular flexibility index (Phi) is 7.87. The summed E-state index contributed by atoms with van der Waals surface area (Å²) in [4.78, 5) is 36.9. The van der Waals surface area contributed by atoms with E-state index in [0.717, 1.165) is 24.0 Å². The summed E-state index contributed by atoms with van der Waals surface area (Å²) in [5, 5.41) is 16.4. The van der Waals surface area contributed by atoms with Crippen LogP contribution in [0.4, 0.5) is 5.95 Å². The van der Waals surface area contributed by atoms with Crippen molar-refractivity contribution in [3.63, 3.8) is 0 Å². The number of aliphatic hydroxyl groups excluding tert-OH is 1. The van der Waals surface area contributed by atoms with E-state index in [1.807, 2.05) is 42.5 Å². The molecule has 9 nitrogen and oxygen atoms in total. The number of aliphatic hydroxyl groups is 1. The smallest absolute Gasteiger partial charge is 0.255 e. The van der Waals surface area contributed by atoms with Gasteiger partial charge in [-0.15, -0.1) is 0 Å². The number of benzene rings is 2. The second-order valence-corrected chi connectivity index (χ2v) is 9.96. The monoisotopic (exact) mass is 535 g/mol. The molecule has 2 aliphatic rings. The van der Waals surface area contributed by atoms with Gasteiger partial charge in [-0.25, -0.2) is 9.97 Å². The number of nitrogens with one attached hydrogen (secondary N) is 2. The van der Waals surface area contributed by atoms with Gasteiger partial charge in [-0.2, -0.15) is 0 Å². The van der Waals surface area contributed by atoms with Gasteiger partial charge in [-0.3, -0.25) is 9.59 Å². The van der Waals surface area contributed by atoms with E-state index in [1.54, 1.807) is 19.2 Å². The van der Waals surface area contributed by atoms with Crippen molar-refractivity contribution >= 4 is 29.4 Å². The lowest BCUT2D eigenvalue weighted by Gasteiger charge is -2.26. The zero-order valence-electron chi connectivity index (χ0n) is 21.1. The number of hydrogen-bond acceptors (Lipinski definition) is 7. The molecule has 1 saturated heterocycles. The summed E-state index contributed by atoms with van der Waals surface area (Å²) >= 11 is 6.45. The topological polar surface area (TPSA) is 117 Å². The molecule has 2 atom stereocenters. The highest BCUT2D eigenvalue weighted by atomic mass is 35.5. The van der Waals surface area contributed by atoms with Gasteiger partial charge in [0.15, 0.2) is 0 Å². The number of hydrogen-bond donors (Lipinski definition) is 3. The maximum atomic E-state index is 13.4. The molecular formula is C28H30ClN5O4. The maximum Gasteiger partial charge on any atom is 0.255 e. The van der Waals surface area contributed by atoms with Gasteiger partial charge in [0.2, 0.25) is 11.9 Å². The normalized spacial score (nSPS) is 17.1. The van der Waals surface area contributed by atoms with E-state index in [4.69, 9.17) is 16.3 Å². The van der Waals surface area contributed by atoms with Crippen molar-refractivity contribution in [2.45, 2.75) is 44.4 Å². The van der Waals surface area contributed by atoms with Crippen molar-refractivity contribution in [1.29, 1.82) is 0 Å². The number of amides is 2. The maximum absolute atomic E-state index is 13.4. The van der Waals surface area contributed by atoms with E-state index in [1.165, 1.54) is 4.90 Å². The number of rotatable bonds is 8. The fourth-order valence-electron chi connectivity index (χ4n) is 4.80. The fraction of sp³-hybridized carbons (Fsp3) is 0.357. The molecule has 2 amide bonds. The average Bonchev–Trinajstić information content (AvgIpc) is 3.28. The molecule has 38 heavy (non-hydrogen) atoms. The molecule has 10 heteroatoms. The van der Waals surface area contributed by atoms with Crippen LogP contribution < -0.4 is 10.6 Å². The minimum atomic E-state index is -0.728. The molecule has 3 heterocycles. The lowest BCUT2D eigenvalue weighted by Crippen LogP contribution is -2.46. The lowest BCUT2D eigenvalue weighted by molar-refractivity contribution is -0.126. The third-order valence-electron chi connectivity index (χ3n) is 7.06. The summed E-state index contributed by atoms with van der Waals surface area (Å²) in [6.45, 7) is 3.15. The Morgan fingerprint density at radius 3 is 2.71 bits per heavy atom. The van der Waals surface area contributed by atoms with Gasteiger partial charge in [0, 0.05) is 36.9 Å². The van der Waals surface area contributed by atoms with Crippen molar-refractivity contribution in [2.75, 3.05) is 25.1 Å². The molecule has 0 bridgehead atoms. The molecular weight excluding hydrogens is 506 g/mol. The number of ether oxygens (including phenoxy) is 1. The second kappa shape index (κ2) is 11.5. The zero-order chi connectivity index (χ0) is 26.6. The predicted octanol–water partition coefficient (Wildman–Crippen LogP) is 3.58. The van der Waals surface area contributed by atoms with E-state index < -0.39 is 12.1 Å². The van der Waals surface area contributed by atoms with Gasteiger partial charge in [-0.1, -0.05) is 54.1 Å². The van der Waals surface area contributed by atoms with Crippen LogP contribution in [0.3, 0.4) is 0 Å².